The minimum atomic E-state index is 0.415. The van der Waals surface area contributed by atoms with E-state index in [0.717, 1.165) is 13.0 Å². The van der Waals surface area contributed by atoms with E-state index in [1.54, 1.807) is 0 Å². The van der Waals surface area contributed by atoms with Crippen molar-refractivity contribution in [2.75, 3.05) is 13.7 Å². The molecule has 1 fully saturated rings. The second-order valence-corrected chi connectivity index (χ2v) is 5.07. The van der Waals surface area contributed by atoms with E-state index in [1.165, 1.54) is 29.5 Å². The van der Waals surface area contributed by atoms with Crippen molar-refractivity contribution in [1.82, 2.24) is 5.32 Å². The summed E-state index contributed by atoms with van der Waals surface area (Å²) in [4.78, 5) is 0. The molecule has 2 heteroatoms. The first-order valence-electron chi connectivity index (χ1n) is 6.56. The van der Waals surface area contributed by atoms with Gasteiger partial charge in [-0.05, 0) is 51.3 Å². The number of nitrogens with one attached hydrogen (secondary N) is 1. The van der Waals surface area contributed by atoms with Gasteiger partial charge in [0.1, 0.15) is 0 Å². The Morgan fingerprint density at radius 1 is 1.41 bits per heavy atom. The first-order chi connectivity index (χ1) is 8.20. The van der Waals surface area contributed by atoms with Crippen molar-refractivity contribution in [3.63, 3.8) is 0 Å². The summed E-state index contributed by atoms with van der Waals surface area (Å²) >= 11 is 0. The summed E-state index contributed by atoms with van der Waals surface area (Å²) in [6.45, 7) is 5.28. The van der Waals surface area contributed by atoms with Gasteiger partial charge in [0, 0.05) is 12.6 Å². The normalized spacial score (nSPS) is 21.7. The van der Waals surface area contributed by atoms with Crippen LogP contribution in [-0.2, 0) is 4.74 Å². The number of rotatable bonds is 4. The largest absolute Gasteiger partial charge is 0.378 e. The van der Waals surface area contributed by atoms with Crippen LogP contribution >= 0.6 is 0 Å². The Balaban J connectivity index is 2.10. The van der Waals surface area contributed by atoms with E-state index in [9.17, 15) is 0 Å². The monoisotopic (exact) mass is 233 g/mol. The van der Waals surface area contributed by atoms with E-state index >= 15 is 0 Å². The highest BCUT2D eigenvalue weighted by atomic mass is 16.5. The predicted molar refractivity (Wildman–Crippen MR) is 71.3 cm³/mol. The molecule has 1 aliphatic rings. The maximum Gasteiger partial charge on any atom is 0.0594 e. The fraction of sp³-hybridized carbons (Fsp3) is 0.600. The average molecular weight is 233 g/mol. The van der Waals surface area contributed by atoms with Gasteiger partial charge in [0.05, 0.1) is 6.10 Å². The Kier molecular flexibility index (Phi) is 4.19. The second-order valence-electron chi connectivity index (χ2n) is 5.07. The van der Waals surface area contributed by atoms with Crippen molar-refractivity contribution < 1.29 is 4.74 Å². The predicted octanol–water partition coefficient (Wildman–Crippen LogP) is 3.13. The van der Waals surface area contributed by atoms with Gasteiger partial charge in [0.25, 0.3) is 0 Å². The maximum atomic E-state index is 5.73. The molecule has 1 aromatic carbocycles. The Bertz CT molecular complexity index is 369. The third-order valence-corrected chi connectivity index (χ3v) is 3.67. The summed E-state index contributed by atoms with van der Waals surface area (Å²) in [5, 5.41) is 3.43. The van der Waals surface area contributed by atoms with Gasteiger partial charge in [-0.15, -0.1) is 0 Å². The molecule has 0 saturated carbocycles. The lowest BCUT2D eigenvalue weighted by atomic mass is 9.94. The first kappa shape index (κ1) is 12.6. The number of ether oxygens (including phenoxy) is 1. The Morgan fingerprint density at radius 2 is 2.24 bits per heavy atom. The Hall–Kier alpha value is -0.860. The van der Waals surface area contributed by atoms with Crippen LogP contribution in [0.4, 0.5) is 0 Å². The van der Waals surface area contributed by atoms with Crippen molar-refractivity contribution in [2.45, 2.75) is 45.3 Å². The molecule has 2 atom stereocenters. The zero-order chi connectivity index (χ0) is 12.3. The fourth-order valence-electron chi connectivity index (χ4n) is 2.71. The lowest BCUT2D eigenvalue weighted by Gasteiger charge is -2.22. The van der Waals surface area contributed by atoms with Crippen LogP contribution in [0.15, 0.2) is 18.2 Å². The fourth-order valence-corrected chi connectivity index (χ4v) is 2.71. The van der Waals surface area contributed by atoms with Gasteiger partial charge < -0.3 is 10.1 Å². The minimum Gasteiger partial charge on any atom is -0.378 e. The van der Waals surface area contributed by atoms with Gasteiger partial charge in [-0.3, -0.25) is 0 Å². The van der Waals surface area contributed by atoms with Crippen LogP contribution < -0.4 is 5.32 Å². The molecule has 0 radical (unpaired) electrons. The highest BCUT2D eigenvalue weighted by molar-refractivity contribution is 5.32. The highest BCUT2D eigenvalue weighted by Crippen LogP contribution is 2.27. The zero-order valence-corrected chi connectivity index (χ0v) is 11.1. The van der Waals surface area contributed by atoms with Gasteiger partial charge in [0.2, 0.25) is 0 Å². The van der Waals surface area contributed by atoms with Gasteiger partial charge in [0.15, 0.2) is 0 Å². The molecule has 1 aromatic rings. The van der Waals surface area contributed by atoms with Crippen LogP contribution in [0, 0.1) is 13.8 Å². The molecule has 2 nitrogen and oxygen atoms in total. The number of aryl methyl sites for hydroxylation is 2. The summed E-state index contributed by atoms with van der Waals surface area (Å²) < 4.78 is 5.73. The molecule has 1 heterocycles. The van der Waals surface area contributed by atoms with E-state index in [2.05, 4.69) is 37.4 Å². The molecule has 2 unspecified atom stereocenters. The third-order valence-electron chi connectivity index (χ3n) is 3.67. The second kappa shape index (κ2) is 5.65. The van der Waals surface area contributed by atoms with Crippen molar-refractivity contribution in [1.29, 1.82) is 0 Å². The summed E-state index contributed by atoms with van der Waals surface area (Å²) in [5.41, 5.74) is 4.12. The number of benzene rings is 1. The molecule has 0 aliphatic carbocycles. The maximum absolute atomic E-state index is 5.73. The molecule has 1 saturated heterocycles. The van der Waals surface area contributed by atoms with Crippen LogP contribution in [0.3, 0.4) is 0 Å². The summed E-state index contributed by atoms with van der Waals surface area (Å²) in [5.74, 6) is 0. The third kappa shape index (κ3) is 3.08. The SMILES string of the molecule is CNC(CC1CCCO1)c1ccc(C)cc1C. The zero-order valence-electron chi connectivity index (χ0n) is 11.1. The van der Waals surface area contributed by atoms with Gasteiger partial charge >= 0.3 is 0 Å². The quantitative estimate of drug-likeness (QED) is 0.862. The first-order valence-corrected chi connectivity index (χ1v) is 6.56. The lowest BCUT2D eigenvalue weighted by molar-refractivity contribution is 0.0953. The van der Waals surface area contributed by atoms with Gasteiger partial charge in [-0.25, -0.2) is 0 Å². The highest BCUT2D eigenvalue weighted by Gasteiger charge is 2.21. The van der Waals surface area contributed by atoms with Crippen LogP contribution in [0.1, 0.15) is 42.0 Å². The van der Waals surface area contributed by atoms with E-state index in [1.807, 2.05) is 7.05 Å². The molecule has 0 bridgehead atoms. The molecule has 0 spiro atoms. The molecule has 0 amide bonds. The van der Waals surface area contributed by atoms with E-state index in [-0.39, 0.29) is 0 Å². The average Bonchev–Trinajstić information content (AvgIpc) is 2.79. The molecule has 0 aromatic heterocycles. The summed E-state index contributed by atoms with van der Waals surface area (Å²) in [6.07, 6.45) is 3.95. The van der Waals surface area contributed by atoms with Crippen molar-refractivity contribution in [3.05, 3.63) is 34.9 Å². The summed E-state index contributed by atoms with van der Waals surface area (Å²) in [7, 11) is 2.04. The lowest BCUT2D eigenvalue weighted by Crippen LogP contribution is -2.22. The molecule has 17 heavy (non-hydrogen) atoms. The molecule has 2 rings (SSSR count). The standard InChI is InChI=1S/C15H23NO/c1-11-6-7-14(12(2)9-11)15(16-3)10-13-5-4-8-17-13/h6-7,9,13,15-16H,4-5,8,10H2,1-3H3. The Morgan fingerprint density at radius 3 is 2.82 bits per heavy atom. The van der Waals surface area contributed by atoms with Crippen LogP contribution in [0.25, 0.3) is 0 Å². The van der Waals surface area contributed by atoms with Crippen LogP contribution in [-0.4, -0.2) is 19.8 Å². The van der Waals surface area contributed by atoms with Crippen molar-refractivity contribution >= 4 is 0 Å². The van der Waals surface area contributed by atoms with E-state index in [4.69, 9.17) is 4.74 Å². The Labute approximate surface area is 104 Å². The van der Waals surface area contributed by atoms with Crippen LogP contribution in [0.2, 0.25) is 0 Å². The summed E-state index contributed by atoms with van der Waals surface area (Å²) in [6, 6.07) is 7.12. The molecular formula is C15H23NO. The van der Waals surface area contributed by atoms with Crippen molar-refractivity contribution in [2.24, 2.45) is 0 Å². The number of hydrogen-bond donors (Lipinski definition) is 1. The molecule has 1 aliphatic heterocycles. The molecule has 1 N–H and O–H groups in total. The van der Waals surface area contributed by atoms with E-state index in [0.29, 0.717) is 12.1 Å². The van der Waals surface area contributed by atoms with Crippen LogP contribution in [0.5, 0.6) is 0 Å². The van der Waals surface area contributed by atoms with E-state index < -0.39 is 0 Å². The van der Waals surface area contributed by atoms with Crippen molar-refractivity contribution in [3.8, 4) is 0 Å². The topological polar surface area (TPSA) is 21.3 Å². The minimum absolute atomic E-state index is 0.415. The smallest absolute Gasteiger partial charge is 0.0594 e. The van der Waals surface area contributed by atoms with Gasteiger partial charge in [-0.1, -0.05) is 23.8 Å². The molecular weight excluding hydrogens is 210 g/mol. The van der Waals surface area contributed by atoms with Gasteiger partial charge in [-0.2, -0.15) is 0 Å². The molecule has 94 valence electrons. The number of hydrogen-bond acceptors (Lipinski definition) is 2.